The molecule has 0 aromatic heterocycles. The summed E-state index contributed by atoms with van der Waals surface area (Å²) in [4.78, 5) is 0. The third kappa shape index (κ3) is 2.18. The Balaban J connectivity index is 2.32. The van der Waals surface area contributed by atoms with E-state index in [-0.39, 0.29) is 11.5 Å². The summed E-state index contributed by atoms with van der Waals surface area (Å²) >= 11 is 0. The Morgan fingerprint density at radius 2 is 1.94 bits per heavy atom. The molecular weight excluding hydrogens is 228 g/mol. The van der Waals surface area contributed by atoms with Crippen LogP contribution < -0.4 is 20.5 Å². The molecule has 2 rings (SSSR count). The van der Waals surface area contributed by atoms with Crippen molar-refractivity contribution in [3.8, 4) is 11.5 Å². The second-order valence-electron chi connectivity index (χ2n) is 4.90. The molecule has 1 atom stereocenters. The lowest BCUT2D eigenvalue weighted by Crippen LogP contribution is -2.32. The summed E-state index contributed by atoms with van der Waals surface area (Å²) in [7, 11) is 5.29. The van der Waals surface area contributed by atoms with Crippen LogP contribution in [0.25, 0.3) is 0 Å². The number of nitrogens with two attached hydrogens (primary N) is 1. The molecule has 4 nitrogen and oxygen atoms in total. The zero-order valence-corrected chi connectivity index (χ0v) is 11.3. The smallest absolute Gasteiger partial charge is 0.161 e. The van der Waals surface area contributed by atoms with Crippen LogP contribution in [0.2, 0.25) is 0 Å². The first-order chi connectivity index (χ1) is 8.70. The molecule has 1 aliphatic carbocycles. The van der Waals surface area contributed by atoms with Gasteiger partial charge in [-0.2, -0.15) is 0 Å². The Hall–Kier alpha value is -1.26. The van der Waals surface area contributed by atoms with Crippen molar-refractivity contribution in [2.45, 2.75) is 18.9 Å². The number of methoxy groups -OCH3 is 2. The highest BCUT2D eigenvalue weighted by Crippen LogP contribution is 2.54. The van der Waals surface area contributed by atoms with E-state index < -0.39 is 0 Å². The number of hydrogen-bond acceptors (Lipinski definition) is 4. The van der Waals surface area contributed by atoms with E-state index in [1.54, 1.807) is 14.2 Å². The van der Waals surface area contributed by atoms with Gasteiger partial charge >= 0.3 is 0 Å². The Bertz CT molecular complexity index is 416. The summed E-state index contributed by atoms with van der Waals surface area (Å²) in [6.07, 6.45) is 2.37. The van der Waals surface area contributed by atoms with Gasteiger partial charge in [0.05, 0.1) is 14.2 Å². The van der Waals surface area contributed by atoms with E-state index in [2.05, 4.69) is 11.4 Å². The van der Waals surface area contributed by atoms with Crippen LogP contribution in [0.1, 0.15) is 24.4 Å². The monoisotopic (exact) mass is 250 g/mol. The largest absolute Gasteiger partial charge is 0.493 e. The standard InChI is InChI=1S/C14H22N2O2/c1-16-13(14(9-15)6-7-14)10-4-5-11(17-2)12(8-10)18-3/h4-5,8,13,16H,6-7,9,15H2,1-3H3. The second kappa shape index (κ2) is 5.16. The maximum Gasteiger partial charge on any atom is 0.161 e. The molecule has 0 spiro atoms. The van der Waals surface area contributed by atoms with Gasteiger partial charge in [-0.25, -0.2) is 0 Å². The highest BCUT2D eigenvalue weighted by atomic mass is 16.5. The average Bonchev–Trinajstić information content (AvgIpc) is 3.20. The van der Waals surface area contributed by atoms with Gasteiger partial charge in [-0.3, -0.25) is 0 Å². The van der Waals surface area contributed by atoms with Crippen molar-refractivity contribution in [1.29, 1.82) is 0 Å². The second-order valence-corrected chi connectivity index (χ2v) is 4.90. The van der Waals surface area contributed by atoms with Crippen LogP contribution in [0.4, 0.5) is 0 Å². The number of rotatable bonds is 6. The summed E-state index contributed by atoms with van der Waals surface area (Å²) in [6.45, 7) is 0.715. The van der Waals surface area contributed by atoms with Crippen molar-refractivity contribution in [3.05, 3.63) is 23.8 Å². The minimum absolute atomic E-state index is 0.217. The van der Waals surface area contributed by atoms with Gasteiger partial charge in [0.1, 0.15) is 0 Å². The fraction of sp³-hybridized carbons (Fsp3) is 0.571. The molecule has 1 unspecified atom stereocenters. The minimum atomic E-state index is 0.217. The fourth-order valence-corrected chi connectivity index (χ4v) is 2.63. The molecule has 1 saturated carbocycles. The Kier molecular flexibility index (Phi) is 3.78. The molecule has 1 aromatic rings. The molecule has 0 aliphatic heterocycles. The van der Waals surface area contributed by atoms with Gasteiger partial charge in [0.15, 0.2) is 11.5 Å². The van der Waals surface area contributed by atoms with Crippen molar-refractivity contribution >= 4 is 0 Å². The van der Waals surface area contributed by atoms with Crippen molar-refractivity contribution in [3.63, 3.8) is 0 Å². The van der Waals surface area contributed by atoms with Gasteiger partial charge in [0.2, 0.25) is 0 Å². The van der Waals surface area contributed by atoms with Crippen LogP contribution in [-0.2, 0) is 0 Å². The van der Waals surface area contributed by atoms with Crippen LogP contribution in [0.3, 0.4) is 0 Å². The van der Waals surface area contributed by atoms with E-state index in [0.29, 0.717) is 6.54 Å². The SMILES string of the molecule is CNC(c1ccc(OC)c(OC)c1)C1(CN)CC1. The number of hydrogen-bond donors (Lipinski definition) is 2. The lowest BCUT2D eigenvalue weighted by molar-refractivity contribution is 0.346. The molecule has 1 aliphatic rings. The highest BCUT2D eigenvalue weighted by molar-refractivity contribution is 5.44. The topological polar surface area (TPSA) is 56.5 Å². The van der Waals surface area contributed by atoms with Crippen molar-refractivity contribution in [2.75, 3.05) is 27.8 Å². The molecule has 1 fully saturated rings. The molecular formula is C14H22N2O2. The average molecular weight is 250 g/mol. The Labute approximate surface area is 108 Å². The minimum Gasteiger partial charge on any atom is -0.493 e. The Morgan fingerprint density at radius 3 is 2.39 bits per heavy atom. The van der Waals surface area contributed by atoms with E-state index in [1.807, 2.05) is 19.2 Å². The molecule has 0 saturated heterocycles. The van der Waals surface area contributed by atoms with Crippen molar-refractivity contribution in [2.24, 2.45) is 11.1 Å². The zero-order chi connectivity index (χ0) is 13.2. The first-order valence-electron chi connectivity index (χ1n) is 6.30. The number of benzene rings is 1. The fourth-order valence-electron chi connectivity index (χ4n) is 2.63. The Morgan fingerprint density at radius 1 is 1.28 bits per heavy atom. The van der Waals surface area contributed by atoms with Gasteiger partial charge in [-0.1, -0.05) is 6.07 Å². The van der Waals surface area contributed by atoms with E-state index in [1.165, 1.54) is 18.4 Å². The van der Waals surface area contributed by atoms with Gasteiger partial charge in [-0.15, -0.1) is 0 Å². The van der Waals surface area contributed by atoms with E-state index in [4.69, 9.17) is 15.2 Å². The molecule has 0 amide bonds. The quantitative estimate of drug-likeness (QED) is 0.807. The normalized spacial score (nSPS) is 18.2. The molecule has 4 heteroatoms. The van der Waals surface area contributed by atoms with Crippen LogP contribution in [0.5, 0.6) is 11.5 Å². The lowest BCUT2D eigenvalue weighted by Gasteiger charge is -2.26. The molecule has 0 bridgehead atoms. The lowest BCUT2D eigenvalue weighted by atomic mass is 9.90. The maximum absolute atomic E-state index is 5.91. The molecule has 0 radical (unpaired) electrons. The number of ether oxygens (including phenoxy) is 2. The molecule has 0 heterocycles. The predicted octanol–water partition coefficient (Wildman–Crippen LogP) is 1.70. The van der Waals surface area contributed by atoms with Crippen LogP contribution in [0, 0.1) is 5.41 Å². The molecule has 18 heavy (non-hydrogen) atoms. The van der Waals surface area contributed by atoms with Gasteiger partial charge in [0.25, 0.3) is 0 Å². The van der Waals surface area contributed by atoms with E-state index in [9.17, 15) is 0 Å². The highest BCUT2D eigenvalue weighted by Gasteiger charge is 2.48. The summed E-state index contributed by atoms with van der Waals surface area (Å²) in [6, 6.07) is 6.35. The molecule has 1 aromatic carbocycles. The van der Waals surface area contributed by atoms with Crippen LogP contribution in [0.15, 0.2) is 18.2 Å². The summed E-state index contributed by atoms with van der Waals surface area (Å²) < 4.78 is 10.6. The first-order valence-corrected chi connectivity index (χ1v) is 6.30. The van der Waals surface area contributed by atoms with Crippen LogP contribution >= 0.6 is 0 Å². The maximum atomic E-state index is 5.91. The molecule has 3 N–H and O–H groups in total. The zero-order valence-electron chi connectivity index (χ0n) is 11.3. The summed E-state index contributed by atoms with van der Waals surface area (Å²) in [5.41, 5.74) is 7.34. The third-order valence-electron chi connectivity index (χ3n) is 3.94. The summed E-state index contributed by atoms with van der Waals surface area (Å²) in [5.74, 6) is 1.52. The van der Waals surface area contributed by atoms with Crippen molar-refractivity contribution in [1.82, 2.24) is 5.32 Å². The van der Waals surface area contributed by atoms with E-state index >= 15 is 0 Å². The third-order valence-corrected chi connectivity index (χ3v) is 3.94. The summed E-state index contributed by atoms with van der Waals surface area (Å²) in [5, 5.41) is 3.38. The molecule has 100 valence electrons. The first kappa shape index (κ1) is 13.2. The van der Waals surface area contributed by atoms with E-state index in [0.717, 1.165) is 11.5 Å². The van der Waals surface area contributed by atoms with Gasteiger partial charge < -0.3 is 20.5 Å². The van der Waals surface area contributed by atoms with Crippen LogP contribution in [-0.4, -0.2) is 27.8 Å². The predicted molar refractivity (Wildman–Crippen MR) is 72.1 cm³/mol. The van der Waals surface area contributed by atoms with Gasteiger partial charge in [0, 0.05) is 11.5 Å². The van der Waals surface area contributed by atoms with Crippen molar-refractivity contribution < 1.29 is 9.47 Å². The van der Waals surface area contributed by atoms with Gasteiger partial charge in [-0.05, 0) is 44.1 Å². The number of nitrogens with one attached hydrogen (secondary N) is 1.